The minimum absolute atomic E-state index is 0.0479. The quantitative estimate of drug-likeness (QED) is 0.632. The third-order valence-electron chi connectivity index (χ3n) is 5.28. The van der Waals surface area contributed by atoms with E-state index in [1.54, 1.807) is 23.1 Å². The summed E-state index contributed by atoms with van der Waals surface area (Å²) in [6.45, 7) is 0.802. The smallest absolute Gasteiger partial charge is 0.273 e. The Kier molecular flexibility index (Phi) is 5.03. The predicted molar refractivity (Wildman–Crippen MR) is 110 cm³/mol. The number of nitrogens with zero attached hydrogens (tertiary/aromatic N) is 2. The van der Waals surface area contributed by atoms with Gasteiger partial charge in [-0.1, -0.05) is 29.4 Å². The molecule has 2 amide bonds. The summed E-state index contributed by atoms with van der Waals surface area (Å²) in [5.74, 6) is 1.44. The van der Waals surface area contributed by atoms with E-state index in [1.807, 2.05) is 36.4 Å². The van der Waals surface area contributed by atoms with Crippen LogP contribution in [0.1, 0.15) is 45.0 Å². The molecular weight excluding hydrogens is 398 g/mol. The fourth-order valence-electron chi connectivity index (χ4n) is 3.49. The molecule has 1 aromatic heterocycles. The molecule has 0 atom stereocenters. The molecule has 0 saturated heterocycles. The Morgan fingerprint density at radius 1 is 1.03 bits per heavy atom. The van der Waals surface area contributed by atoms with Crippen molar-refractivity contribution < 1.29 is 23.6 Å². The number of rotatable bonds is 7. The molecule has 1 fully saturated rings. The largest absolute Gasteiger partial charge is 0.454 e. The molecule has 2 aromatic carbocycles. The van der Waals surface area contributed by atoms with Crippen LogP contribution in [0.3, 0.4) is 0 Å². The summed E-state index contributed by atoms with van der Waals surface area (Å²) in [5.41, 5.74) is 1.70. The maximum Gasteiger partial charge on any atom is 0.273 e. The number of nitrogens with one attached hydrogen (secondary N) is 1. The Balaban J connectivity index is 1.22. The first-order chi connectivity index (χ1) is 15.2. The first-order valence-electron chi connectivity index (χ1n) is 10.2. The predicted octanol–water partition coefficient (Wildman–Crippen LogP) is 3.14. The van der Waals surface area contributed by atoms with Crippen molar-refractivity contribution in [2.24, 2.45) is 0 Å². The molecule has 5 rings (SSSR count). The minimum Gasteiger partial charge on any atom is -0.454 e. The summed E-state index contributed by atoms with van der Waals surface area (Å²) in [6.07, 6.45) is 1.94. The number of aromatic nitrogens is 1. The van der Waals surface area contributed by atoms with E-state index in [9.17, 15) is 9.59 Å². The Morgan fingerprint density at radius 2 is 1.84 bits per heavy atom. The highest BCUT2D eigenvalue weighted by Gasteiger charge is 2.34. The van der Waals surface area contributed by atoms with Gasteiger partial charge in [-0.15, -0.1) is 0 Å². The zero-order chi connectivity index (χ0) is 21.2. The van der Waals surface area contributed by atoms with E-state index in [4.69, 9.17) is 14.0 Å². The first-order valence-corrected chi connectivity index (χ1v) is 10.2. The number of carbonyl (C=O) groups excluding carboxylic acids is 2. The summed E-state index contributed by atoms with van der Waals surface area (Å²) in [6, 6.07) is 16.5. The van der Waals surface area contributed by atoms with Gasteiger partial charge in [0.15, 0.2) is 23.0 Å². The summed E-state index contributed by atoms with van der Waals surface area (Å²) in [5, 5.41) is 6.70. The Labute approximate surface area is 178 Å². The van der Waals surface area contributed by atoms with Gasteiger partial charge >= 0.3 is 0 Å². The van der Waals surface area contributed by atoms with Crippen LogP contribution in [-0.4, -0.2) is 34.7 Å². The van der Waals surface area contributed by atoms with Gasteiger partial charge < -0.3 is 24.2 Å². The highest BCUT2D eigenvalue weighted by molar-refractivity contribution is 5.94. The molecule has 2 aliphatic rings. The standard InChI is InChI=1S/C23H21N3O5/c27-22(24-12-15-6-9-20-21(10-15)30-14-29-20)19-11-18(31-25-19)13-26(17-7-8-17)23(28)16-4-2-1-3-5-16/h1-6,9-11,17H,7-8,12-14H2,(H,24,27). The second-order valence-electron chi connectivity index (χ2n) is 7.58. The average molecular weight is 419 g/mol. The minimum atomic E-state index is -0.347. The number of benzene rings is 2. The normalized spacial score (nSPS) is 14.3. The van der Waals surface area contributed by atoms with Crippen LogP contribution in [0.2, 0.25) is 0 Å². The topological polar surface area (TPSA) is 93.9 Å². The molecule has 8 nitrogen and oxygen atoms in total. The third kappa shape index (κ3) is 4.23. The van der Waals surface area contributed by atoms with Crippen LogP contribution in [0, 0.1) is 0 Å². The van der Waals surface area contributed by atoms with Gasteiger partial charge in [-0.3, -0.25) is 9.59 Å². The van der Waals surface area contributed by atoms with Crippen molar-refractivity contribution in [2.75, 3.05) is 6.79 Å². The number of carbonyl (C=O) groups is 2. The van der Waals surface area contributed by atoms with E-state index >= 15 is 0 Å². The Hall–Kier alpha value is -3.81. The molecule has 2 heterocycles. The van der Waals surface area contributed by atoms with E-state index in [0.29, 0.717) is 29.4 Å². The maximum atomic E-state index is 12.9. The highest BCUT2D eigenvalue weighted by Crippen LogP contribution is 2.32. The van der Waals surface area contributed by atoms with Crippen LogP contribution in [0.25, 0.3) is 0 Å². The van der Waals surface area contributed by atoms with Gasteiger partial charge in [0.05, 0.1) is 6.54 Å². The van der Waals surface area contributed by atoms with Gasteiger partial charge in [-0.25, -0.2) is 0 Å². The molecule has 1 saturated carbocycles. The zero-order valence-corrected chi connectivity index (χ0v) is 16.7. The summed E-state index contributed by atoms with van der Waals surface area (Å²) in [4.78, 5) is 27.1. The fourth-order valence-corrected chi connectivity index (χ4v) is 3.49. The monoisotopic (exact) mass is 419 g/mol. The summed E-state index contributed by atoms with van der Waals surface area (Å²) >= 11 is 0. The number of hydrogen-bond acceptors (Lipinski definition) is 6. The van der Waals surface area contributed by atoms with Gasteiger partial charge in [0.1, 0.15) is 0 Å². The van der Waals surface area contributed by atoms with Gasteiger partial charge in [-0.05, 0) is 42.7 Å². The molecule has 1 aliphatic carbocycles. The highest BCUT2D eigenvalue weighted by atomic mass is 16.7. The van der Waals surface area contributed by atoms with Crippen molar-refractivity contribution in [3.8, 4) is 11.5 Å². The lowest BCUT2D eigenvalue weighted by Crippen LogP contribution is -2.32. The van der Waals surface area contributed by atoms with Crippen LogP contribution < -0.4 is 14.8 Å². The third-order valence-corrected chi connectivity index (χ3v) is 5.28. The van der Waals surface area contributed by atoms with Crippen molar-refractivity contribution in [1.82, 2.24) is 15.4 Å². The van der Waals surface area contributed by atoms with Gasteiger partial charge in [-0.2, -0.15) is 0 Å². The SMILES string of the molecule is O=C(NCc1ccc2c(c1)OCO2)c1cc(CN(C(=O)c2ccccc2)C2CC2)on1. The molecule has 0 unspecified atom stereocenters. The van der Waals surface area contributed by atoms with Crippen molar-refractivity contribution >= 4 is 11.8 Å². The first kappa shape index (κ1) is 19.2. The van der Waals surface area contributed by atoms with Crippen LogP contribution in [0.15, 0.2) is 59.1 Å². The molecular formula is C23H21N3O5. The molecule has 0 spiro atoms. The lowest BCUT2D eigenvalue weighted by Gasteiger charge is -2.21. The van der Waals surface area contributed by atoms with Crippen LogP contribution in [0.4, 0.5) is 0 Å². The van der Waals surface area contributed by atoms with Crippen LogP contribution in [-0.2, 0) is 13.1 Å². The van der Waals surface area contributed by atoms with Crippen LogP contribution in [0.5, 0.6) is 11.5 Å². The molecule has 3 aromatic rings. The fraction of sp³-hybridized carbons (Fsp3) is 0.261. The van der Waals surface area contributed by atoms with Crippen LogP contribution >= 0.6 is 0 Å². The van der Waals surface area contributed by atoms with E-state index in [-0.39, 0.29) is 36.9 Å². The second-order valence-corrected chi connectivity index (χ2v) is 7.58. The average Bonchev–Trinajstić information content (AvgIpc) is 3.34. The van der Waals surface area contributed by atoms with E-state index in [2.05, 4.69) is 10.5 Å². The molecule has 8 heteroatoms. The van der Waals surface area contributed by atoms with Gasteiger partial charge in [0, 0.05) is 24.2 Å². The molecule has 1 N–H and O–H groups in total. The number of fused-ring (bicyclic) bond motifs is 1. The van der Waals surface area contributed by atoms with E-state index in [1.165, 1.54) is 0 Å². The lowest BCUT2D eigenvalue weighted by molar-refractivity contribution is 0.0712. The number of amides is 2. The van der Waals surface area contributed by atoms with E-state index in [0.717, 1.165) is 18.4 Å². The lowest BCUT2D eigenvalue weighted by atomic mass is 10.2. The van der Waals surface area contributed by atoms with Crippen molar-refractivity contribution in [1.29, 1.82) is 0 Å². The van der Waals surface area contributed by atoms with Crippen molar-refractivity contribution in [3.05, 3.63) is 77.2 Å². The summed E-state index contributed by atoms with van der Waals surface area (Å²) < 4.78 is 16.0. The Morgan fingerprint density at radius 3 is 2.65 bits per heavy atom. The van der Waals surface area contributed by atoms with Gasteiger partial charge in [0.25, 0.3) is 11.8 Å². The number of hydrogen-bond donors (Lipinski definition) is 1. The van der Waals surface area contributed by atoms with Crippen molar-refractivity contribution in [2.45, 2.75) is 32.0 Å². The number of ether oxygens (including phenoxy) is 2. The zero-order valence-electron chi connectivity index (χ0n) is 16.7. The molecule has 0 radical (unpaired) electrons. The molecule has 158 valence electrons. The molecule has 0 bridgehead atoms. The maximum absolute atomic E-state index is 12.9. The molecule has 31 heavy (non-hydrogen) atoms. The molecule has 1 aliphatic heterocycles. The second kappa shape index (κ2) is 8.14. The van der Waals surface area contributed by atoms with E-state index < -0.39 is 0 Å². The summed E-state index contributed by atoms with van der Waals surface area (Å²) in [7, 11) is 0. The Bertz CT molecular complexity index is 1110. The van der Waals surface area contributed by atoms with Gasteiger partial charge in [0.2, 0.25) is 6.79 Å². The van der Waals surface area contributed by atoms with Crippen molar-refractivity contribution in [3.63, 3.8) is 0 Å².